The summed E-state index contributed by atoms with van der Waals surface area (Å²) in [4.78, 5) is 28.9. The highest BCUT2D eigenvalue weighted by Gasteiger charge is 2.27. The Labute approximate surface area is 288 Å². The average molecular weight is 699 g/mol. The lowest BCUT2D eigenvalue weighted by Gasteiger charge is -2.26. The van der Waals surface area contributed by atoms with Crippen LogP contribution in [0.5, 0.6) is 0 Å². The lowest BCUT2D eigenvalue weighted by Crippen LogP contribution is -2.48. The van der Waals surface area contributed by atoms with Crippen molar-refractivity contribution < 1.29 is 31.9 Å². The van der Waals surface area contributed by atoms with Crippen LogP contribution in [-0.2, 0) is 23.0 Å². The Balaban J connectivity index is 1.50. The van der Waals surface area contributed by atoms with E-state index in [1.165, 1.54) is 10.4 Å². The van der Waals surface area contributed by atoms with Gasteiger partial charge in [-0.25, -0.2) is 17.2 Å². The van der Waals surface area contributed by atoms with E-state index in [-0.39, 0.29) is 41.4 Å². The third-order valence-electron chi connectivity index (χ3n) is 8.55. The van der Waals surface area contributed by atoms with E-state index in [1.54, 1.807) is 48.2 Å². The molecule has 1 heterocycles. The number of rotatable bonds is 16. The molecule has 0 aromatic heterocycles. The minimum atomic E-state index is -3.62. The molecule has 3 N–H and O–H groups in total. The predicted octanol–water partition coefficient (Wildman–Crippen LogP) is 5.20. The smallest absolute Gasteiger partial charge is 0.253 e. The number of nitrogens with one attached hydrogen (secondary N) is 2. The lowest BCUT2D eigenvalue weighted by molar-refractivity contribution is 0.0755. The van der Waals surface area contributed by atoms with Crippen molar-refractivity contribution in [2.24, 2.45) is 0 Å². The molecule has 2 atom stereocenters. The van der Waals surface area contributed by atoms with Crippen LogP contribution in [0, 0.1) is 18.6 Å². The number of aliphatic hydroxyl groups excluding tert-OH is 1. The first-order valence-corrected chi connectivity index (χ1v) is 18.5. The average Bonchev–Trinajstić information content (AvgIpc) is 3.07. The van der Waals surface area contributed by atoms with Crippen molar-refractivity contribution in [3.8, 4) is 0 Å². The summed E-state index contributed by atoms with van der Waals surface area (Å²) in [5, 5.41) is 17.2. The van der Waals surface area contributed by atoms with Crippen molar-refractivity contribution in [1.29, 1.82) is 0 Å². The maximum atomic E-state index is 14.1. The van der Waals surface area contributed by atoms with Gasteiger partial charge in [-0.2, -0.15) is 4.31 Å². The maximum absolute atomic E-state index is 14.1. The van der Waals surface area contributed by atoms with Gasteiger partial charge in [0, 0.05) is 56.5 Å². The second-order valence-corrected chi connectivity index (χ2v) is 14.7. The van der Waals surface area contributed by atoms with Gasteiger partial charge in [0.2, 0.25) is 10.0 Å². The zero-order valence-electron chi connectivity index (χ0n) is 28.6. The summed E-state index contributed by atoms with van der Waals surface area (Å²) in [7, 11) is -3.62. The second-order valence-electron chi connectivity index (χ2n) is 12.8. The van der Waals surface area contributed by atoms with E-state index in [0.29, 0.717) is 42.9 Å². The first-order chi connectivity index (χ1) is 23.4. The van der Waals surface area contributed by atoms with Crippen molar-refractivity contribution in [3.63, 3.8) is 0 Å². The van der Waals surface area contributed by atoms with Gasteiger partial charge in [0.15, 0.2) is 0 Å². The topological polar surface area (TPSA) is 119 Å². The molecule has 2 amide bonds. The number of hydrogen-bond donors (Lipinski definition) is 3. The van der Waals surface area contributed by atoms with E-state index < -0.39 is 39.7 Å². The Hall–Kier alpha value is -3.71. The van der Waals surface area contributed by atoms with E-state index in [9.17, 15) is 31.9 Å². The summed E-state index contributed by atoms with van der Waals surface area (Å²) in [5.74, 6) is -2.28. The van der Waals surface area contributed by atoms with E-state index in [0.717, 1.165) is 50.3 Å². The number of carbonyl (C=O) groups is 2. The van der Waals surface area contributed by atoms with Crippen molar-refractivity contribution in [2.75, 3.05) is 32.7 Å². The number of amides is 2. The van der Waals surface area contributed by atoms with Crippen molar-refractivity contribution >= 4 is 21.8 Å². The number of carbonyl (C=O) groups excluding carboxylic acids is 2. The zero-order valence-corrected chi connectivity index (χ0v) is 29.4. The number of benzene rings is 3. The molecule has 12 heteroatoms. The summed E-state index contributed by atoms with van der Waals surface area (Å²) < 4.78 is 56.0. The molecular formula is C37H48F2N4O5S. The Morgan fingerprint density at radius 3 is 2.20 bits per heavy atom. The van der Waals surface area contributed by atoms with E-state index >= 15 is 0 Å². The van der Waals surface area contributed by atoms with Crippen LogP contribution >= 0.6 is 0 Å². The SMILES string of the molecule is CCCN(CCC)C(=O)c1cc(C)cc(C(=O)N[C@@H](Cc2cc(F)cc(F)c2)[C@H](O)CNCc2cccc(S(=O)(=O)N3CCCCC3)c2)c1. The molecule has 1 aliphatic rings. The Kier molecular flexibility index (Phi) is 13.8. The fourth-order valence-corrected chi connectivity index (χ4v) is 7.76. The lowest BCUT2D eigenvalue weighted by atomic mass is 9.99. The molecule has 3 aromatic carbocycles. The molecule has 0 unspecified atom stereocenters. The van der Waals surface area contributed by atoms with Gasteiger partial charge < -0.3 is 20.6 Å². The van der Waals surface area contributed by atoms with E-state index in [4.69, 9.17) is 0 Å². The van der Waals surface area contributed by atoms with Gasteiger partial charge in [-0.3, -0.25) is 9.59 Å². The molecule has 49 heavy (non-hydrogen) atoms. The summed E-state index contributed by atoms with van der Waals surface area (Å²) in [6, 6.07) is 13.6. The molecule has 266 valence electrons. The van der Waals surface area contributed by atoms with Crippen molar-refractivity contribution in [3.05, 3.63) is 100 Å². The molecule has 0 spiro atoms. The van der Waals surface area contributed by atoms with Crippen molar-refractivity contribution in [1.82, 2.24) is 19.8 Å². The fraction of sp³-hybridized carbons (Fsp3) is 0.459. The maximum Gasteiger partial charge on any atom is 0.253 e. The van der Waals surface area contributed by atoms with Gasteiger partial charge in [0.05, 0.1) is 17.0 Å². The molecule has 9 nitrogen and oxygen atoms in total. The number of halogens is 2. The normalized spacial score (nSPS) is 15.1. The van der Waals surface area contributed by atoms with Crippen LogP contribution in [0.2, 0.25) is 0 Å². The summed E-state index contributed by atoms with van der Waals surface area (Å²) in [5.41, 5.74) is 2.24. The molecule has 0 bridgehead atoms. The molecule has 1 saturated heterocycles. The van der Waals surface area contributed by atoms with Crippen LogP contribution < -0.4 is 10.6 Å². The Morgan fingerprint density at radius 2 is 1.55 bits per heavy atom. The monoisotopic (exact) mass is 698 g/mol. The van der Waals surface area contributed by atoms with Crippen LogP contribution in [0.4, 0.5) is 8.78 Å². The standard InChI is InChI=1S/C37H48F2N4O5S/c1-4-12-42(13-5-2)37(46)30-17-26(3)16-29(22-30)36(45)41-34(21-28-18-31(38)23-32(39)19-28)35(44)25-40-24-27-10-9-11-33(20-27)49(47,48)43-14-7-6-8-15-43/h9-11,16-20,22-23,34-35,40,44H,4-8,12-15,21,24-25H2,1-3H3,(H,41,45)/t34-,35+/m0/s1. The number of aryl methyl sites for hydroxylation is 1. The predicted molar refractivity (Wildman–Crippen MR) is 186 cm³/mol. The Morgan fingerprint density at radius 1 is 0.898 bits per heavy atom. The highest BCUT2D eigenvalue weighted by Crippen LogP contribution is 2.22. The fourth-order valence-electron chi connectivity index (χ4n) is 6.17. The van der Waals surface area contributed by atoms with Gasteiger partial charge in [0.25, 0.3) is 11.8 Å². The molecule has 1 aliphatic heterocycles. The largest absolute Gasteiger partial charge is 0.390 e. The van der Waals surface area contributed by atoms with Gasteiger partial charge in [0.1, 0.15) is 11.6 Å². The van der Waals surface area contributed by atoms with Crippen LogP contribution in [-0.4, -0.2) is 79.4 Å². The Bertz CT molecular complexity index is 1670. The third-order valence-corrected chi connectivity index (χ3v) is 10.4. The molecule has 1 fully saturated rings. The van der Waals surface area contributed by atoms with Gasteiger partial charge >= 0.3 is 0 Å². The highest BCUT2D eigenvalue weighted by atomic mass is 32.2. The van der Waals surface area contributed by atoms with Crippen LogP contribution in [0.25, 0.3) is 0 Å². The van der Waals surface area contributed by atoms with E-state index in [1.807, 2.05) is 13.8 Å². The summed E-state index contributed by atoms with van der Waals surface area (Å²) in [6.45, 7) is 8.15. The number of nitrogens with zero attached hydrogens (tertiary/aromatic N) is 2. The number of aliphatic hydroxyl groups is 1. The zero-order chi connectivity index (χ0) is 35.6. The molecule has 0 radical (unpaired) electrons. The van der Waals surface area contributed by atoms with Gasteiger partial charge in [-0.05, 0) is 98.2 Å². The van der Waals surface area contributed by atoms with Crippen molar-refractivity contribution in [2.45, 2.75) is 82.9 Å². The second kappa shape index (κ2) is 17.8. The van der Waals surface area contributed by atoms with E-state index in [2.05, 4.69) is 10.6 Å². The minimum Gasteiger partial charge on any atom is -0.390 e. The first-order valence-electron chi connectivity index (χ1n) is 17.1. The molecule has 0 aliphatic carbocycles. The molecule has 4 rings (SSSR count). The molecule has 0 saturated carbocycles. The summed E-state index contributed by atoms with van der Waals surface area (Å²) >= 11 is 0. The molecule has 3 aromatic rings. The third kappa shape index (κ3) is 10.6. The van der Waals surface area contributed by atoms with Gasteiger partial charge in [-0.15, -0.1) is 0 Å². The molecular weight excluding hydrogens is 650 g/mol. The number of piperidine rings is 1. The van der Waals surface area contributed by atoms with Crippen LogP contribution in [0.15, 0.2) is 65.6 Å². The minimum absolute atomic E-state index is 0.0214. The van der Waals surface area contributed by atoms with Crippen LogP contribution in [0.1, 0.15) is 83.4 Å². The first kappa shape index (κ1) is 38.1. The number of hydrogen-bond acceptors (Lipinski definition) is 6. The van der Waals surface area contributed by atoms with Gasteiger partial charge in [-0.1, -0.05) is 32.4 Å². The highest BCUT2D eigenvalue weighted by molar-refractivity contribution is 7.89. The summed E-state index contributed by atoms with van der Waals surface area (Å²) in [6.07, 6.45) is 2.98. The van der Waals surface area contributed by atoms with Crippen LogP contribution in [0.3, 0.4) is 0 Å². The number of sulfonamides is 1. The quantitative estimate of drug-likeness (QED) is 0.189.